The highest BCUT2D eigenvalue weighted by Crippen LogP contribution is 2.23. The zero-order valence-electron chi connectivity index (χ0n) is 10.1. The molecule has 1 aromatic heterocycles. The number of rotatable bonds is 2. The largest absolute Gasteiger partial charge is 0.464 e. The van der Waals surface area contributed by atoms with E-state index in [1.54, 1.807) is 6.20 Å². The lowest BCUT2D eigenvalue weighted by Gasteiger charge is -2.13. The first-order valence-corrected chi connectivity index (χ1v) is 5.28. The third-order valence-corrected chi connectivity index (χ3v) is 2.64. The Kier molecular flexibility index (Phi) is 2.95. The van der Waals surface area contributed by atoms with Crippen LogP contribution in [-0.4, -0.2) is 32.2 Å². The van der Waals surface area contributed by atoms with Crippen LogP contribution in [0.4, 0.5) is 5.69 Å². The molecule has 17 heavy (non-hydrogen) atoms. The summed E-state index contributed by atoms with van der Waals surface area (Å²) >= 11 is 0. The third-order valence-electron chi connectivity index (χ3n) is 2.64. The molecular formula is C13H14N2O2. The number of hydrogen-bond acceptors (Lipinski definition) is 4. The zero-order chi connectivity index (χ0) is 12.4. The molecule has 0 atom stereocenters. The van der Waals surface area contributed by atoms with E-state index < -0.39 is 5.97 Å². The highest BCUT2D eigenvalue weighted by Gasteiger charge is 2.12. The SMILES string of the molecule is COC(=O)c1nccc2ccc(N(C)C)cc12. The summed E-state index contributed by atoms with van der Waals surface area (Å²) in [5.74, 6) is -0.411. The first-order valence-electron chi connectivity index (χ1n) is 5.28. The van der Waals surface area contributed by atoms with Crippen LogP contribution >= 0.6 is 0 Å². The van der Waals surface area contributed by atoms with Gasteiger partial charge >= 0.3 is 5.97 Å². The van der Waals surface area contributed by atoms with Crippen LogP contribution in [0.15, 0.2) is 30.5 Å². The molecule has 0 saturated carbocycles. The summed E-state index contributed by atoms with van der Waals surface area (Å²) in [6.45, 7) is 0. The molecule has 88 valence electrons. The number of pyridine rings is 1. The molecule has 2 rings (SSSR count). The Balaban J connectivity index is 2.68. The Labute approximate surface area is 99.8 Å². The lowest BCUT2D eigenvalue weighted by molar-refractivity contribution is 0.0596. The van der Waals surface area contributed by atoms with E-state index in [1.165, 1.54) is 7.11 Å². The summed E-state index contributed by atoms with van der Waals surface area (Å²) in [7, 11) is 5.27. The Bertz CT molecular complexity index is 564. The summed E-state index contributed by atoms with van der Waals surface area (Å²) in [4.78, 5) is 17.7. The van der Waals surface area contributed by atoms with Crippen LogP contribution in [-0.2, 0) is 4.74 Å². The van der Waals surface area contributed by atoms with Crippen molar-refractivity contribution in [2.45, 2.75) is 0 Å². The highest BCUT2D eigenvalue weighted by molar-refractivity contribution is 6.03. The molecule has 0 radical (unpaired) electrons. The molecule has 0 spiro atoms. The Morgan fingerprint density at radius 1 is 1.29 bits per heavy atom. The fraction of sp³-hybridized carbons (Fsp3) is 0.231. The summed E-state index contributed by atoms with van der Waals surface area (Å²) in [6.07, 6.45) is 1.62. The van der Waals surface area contributed by atoms with E-state index in [-0.39, 0.29) is 0 Å². The van der Waals surface area contributed by atoms with Gasteiger partial charge in [-0.25, -0.2) is 9.78 Å². The van der Waals surface area contributed by atoms with E-state index in [0.29, 0.717) is 5.69 Å². The number of methoxy groups -OCH3 is 1. The molecule has 1 heterocycles. The van der Waals surface area contributed by atoms with Crippen molar-refractivity contribution in [2.24, 2.45) is 0 Å². The second-order valence-corrected chi connectivity index (χ2v) is 3.95. The first-order chi connectivity index (χ1) is 8.13. The Morgan fingerprint density at radius 3 is 2.71 bits per heavy atom. The van der Waals surface area contributed by atoms with Crippen LogP contribution in [0.25, 0.3) is 10.8 Å². The van der Waals surface area contributed by atoms with Crippen LogP contribution in [0.2, 0.25) is 0 Å². The summed E-state index contributed by atoms with van der Waals surface area (Å²) in [6, 6.07) is 7.79. The Hall–Kier alpha value is -2.10. The molecular weight excluding hydrogens is 216 g/mol. The number of hydrogen-bond donors (Lipinski definition) is 0. The van der Waals surface area contributed by atoms with Gasteiger partial charge in [0.2, 0.25) is 0 Å². The van der Waals surface area contributed by atoms with Gasteiger partial charge in [-0.05, 0) is 23.6 Å². The normalized spacial score (nSPS) is 10.3. The number of ether oxygens (including phenoxy) is 1. The van der Waals surface area contributed by atoms with Gasteiger partial charge in [0.05, 0.1) is 7.11 Å². The molecule has 0 aliphatic carbocycles. The van der Waals surface area contributed by atoms with Crippen LogP contribution < -0.4 is 4.90 Å². The minimum atomic E-state index is -0.411. The fourth-order valence-electron chi connectivity index (χ4n) is 1.69. The second-order valence-electron chi connectivity index (χ2n) is 3.95. The number of esters is 1. The third kappa shape index (κ3) is 2.06. The average molecular weight is 230 g/mol. The molecule has 0 N–H and O–H groups in total. The maximum absolute atomic E-state index is 11.6. The number of aromatic nitrogens is 1. The fourth-order valence-corrected chi connectivity index (χ4v) is 1.69. The van der Waals surface area contributed by atoms with Crippen molar-refractivity contribution in [3.63, 3.8) is 0 Å². The predicted octanol–water partition coefficient (Wildman–Crippen LogP) is 2.09. The molecule has 0 amide bonds. The van der Waals surface area contributed by atoms with Crippen molar-refractivity contribution in [1.82, 2.24) is 4.98 Å². The van der Waals surface area contributed by atoms with Crippen molar-refractivity contribution in [2.75, 3.05) is 26.1 Å². The number of carbonyl (C=O) groups excluding carboxylic acids is 1. The smallest absolute Gasteiger partial charge is 0.357 e. The van der Waals surface area contributed by atoms with Crippen LogP contribution in [0.3, 0.4) is 0 Å². The number of benzene rings is 1. The quantitative estimate of drug-likeness (QED) is 0.741. The second kappa shape index (κ2) is 4.41. The topological polar surface area (TPSA) is 42.4 Å². The van der Waals surface area contributed by atoms with Gasteiger partial charge in [0.1, 0.15) is 0 Å². The van der Waals surface area contributed by atoms with E-state index in [1.807, 2.05) is 43.3 Å². The predicted molar refractivity (Wildman–Crippen MR) is 67.4 cm³/mol. The number of fused-ring (bicyclic) bond motifs is 1. The maximum atomic E-state index is 11.6. The van der Waals surface area contributed by atoms with E-state index in [9.17, 15) is 4.79 Å². The van der Waals surface area contributed by atoms with Gasteiger partial charge in [-0.15, -0.1) is 0 Å². The molecule has 4 heteroatoms. The number of nitrogens with zero attached hydrogens (tertiary/aromatic N) is 2. The average Bonchev–Trinajstić information content (AvgIpc) is 2.36. The van der Waals surface area contributed by atoms with E-state index in [4.69, 9.17) is 4.74 Å². The van der Waals surface area contributed by atoms with Gasteiger partial charge in [0.15, 0.2) is 5.69 Å². The summed E-state index contributed by atoms with van der Waals surface area (Å²) in [5.41, 5.74) is 1.38. The lowest BCUT2D eigenvalue weighted by Crippen LogP contribution is -2.09. The van der Waals surface area contributed by atoms with Crippen LogP contribution in [0.5, 0.6) is 0 Å². The minimum Gasteiger partial charge on any atom is -0.464 e. The van der Waals surface area contributed by atoms with Gasteiger partial charge in [-0.1, -0.05) is 6.07 Å². The van der Waals surface area contributed by atoms with Crippen molar-refractivity contribution < 1.29 is 9.53 Å². The highest BCUT2D eigenvalue weighted by atomic mass is 16.5. The zero-order valence-corrected chi connectivity index (χ0v) is 10.1. The molecule has 0 aliphatic heterocycles. The molecule has 4 nitrogen and oxygen atoms in total. The summed E-state index contributed by atoms with van der Waals surface area (Å²) < 4.78 is 4.73. The maximum Gasteiger partial charge on any atom is 0.357 e. The van der Waals surface area contributed by atoms with Crippen molar-refractivity contribution in [3.05, 3.63) is 36.2 Å². The van der Waals surface area contributed by atoms with Crippen molar-refractivity contribution in [1.29, 1.82) is 0 Å². The minimum absolute atomic E-state index is 0.355. The Morgan fingerprint density at radius 2 is 2.06 bits per heavy atom. The van der Waals surface area contributed by atoms with E-state index >= 15 is 0 Å². The monoisotopic (exact) mass is 230 g/mol. The molecule has 1 aromatic carbocycles. The molecule has 2 aromatic rings. The van der Waals surface area contributed by atoms with Gasteiger partial charge < -0.3 is 9.64 Å². The van der Waals surface area contributed by atoms with Crippen LogP contribution in [0.1, 0.15) is 10.5 Å². The molecule has 0 unspecified atom stereocenters. The number of carbonyl (C=O) groups is 1. The van der Waals surface area contributed by atoms with Crippen molar-refractivity contribution in [3.8, 4) is 0 Å². The van der Waals surface area contributed by atoms with Gasteiger partial charge in [-0.3, -0.25) is 0 Å². The standard InChI is InChI=1S/C13H14N2O2/c1-15(2)10-5-4-9-6-7-14-12(11(9)8-10)13(16)17-3/h4-8H,1-3H3. The van der Waals surface area contributed by atoms with E-state index in [0.717, 1.165) is 16.5 Å². The molecule has 0 bridgehead atoms. The van der Waals surface area contributed by atoms with Gasteiger partial charge in [0, 0.05) is 31.4 Å². The lowest BCUT2D eigenvalue weighted by atomic mass is 10.1. The van der Waals surface area contributed by atoms with Gasteiger partial charge in [0.25, 0.3) is 0 Å². The molecule has 0 fully saturated rings. The first kappa shape index (κ1) is 11.4. The van der Waals surface area contributed by atoms with E-state index in [2.05, 4.69) is 4.98 Å². The molecule has 0 aliphatic rings. The molecule has 0 saturated heterocycles. The number of anilines is 1. The van der Waals surface area contributed by atoms with Crippen molar-refractivity contribution >= 4 is 22.4 Å². The summed E-state index contributed by atoms with van der Waals surface area (Å²) in [5, 5.41) is 1.79. The van der Waals surface area contributed by atoms with Crippen LogP contribution in [0, 0.1) is 0 Å². The van der Waals surface area contributed by atoms with Gasteiger partial charge in [-0.2, -0.15) is 0 Å².